The van der Waals surface area contributed by atoms with Crippen LogP contribution in [0.3, 0.4) is 0 Å². The van der Waals surface area contributed by atoms with Crippen LogP contribution < -0.4 is 0 Å². The highest BCUT2D eigenvalue weighted by Gasteiger charge is 2.25. The highest BCUT2D eigenvalue weighted by Crippen LogP contribution is 2.29. The van der Waals surface area contributed by atoms with Gasteiger partial charge in [0.1, 0.15) is 5.60 Å². The van der Waals surface area contributed by atoms with Gasteiger partial charge in [-0.25, -0.2) is 0 Å². The van der Waals surface area contributed by atoms with Crippen molar-refractivity contribution in [3.8, 4) is 0 Å². The summed E-state index contributed by atoms with van der Waals surface area (Å²) < 4.78 is 5.27. The van der Waals surface area contributed by atoms with Gasteiger partial charge in [-0.2, -0.15) is 0 Å². The molecule has 0 amide bonds. The molecule has 1 aromatic carbocycles. The van der Waals surface area contributed by atoms with Crippen LogP contribution in [0.15, 0.2) is 49.6 Å². The highest BCUT2D eigenvalue weighted by atomic mass is 28.2. The van der Waals surface area contributed by atoms with Crippen molar-refractivity contribution in [3.63, 3.8) is 0 Å². The summed E-state index contributed by atoms with van der Waals surface area (Å²) in [7, 11) is 3.07. The van der Waals surface area contributed by atoms with Crippen molar-refractivity contribution in [3.05, 3.63) is 60.7 Å². The van der Waals surface area contributed by atoms with E-state index >= 15 is 0 Å². The molecule has 0 saturated carbocycles. The summed E-state index contributed by atoms with van der Waals surface area (Å²) in [4.78, 5) is 0. The molecular weight excluding hydrogens is 188 g/mol. The lowest BCUT2D eigenvalue weighted by Gasteiger charge is -2.27. The van der Waals surface area contributed by atoms with Crippen LogP contribution in [-0.4, -0.2) is 10.5 Å². The van der Waals surface area contributed by atoms with Gasteiger partial charge >= 0.3 is 0 Å². The Morgan fingerprint density at radius 3 is 2.29 bits per heavy atom. The summed E-state index contributed by atoms with van der Waals surface area (Å²) in [6.07, 6.45) is 3.44. The van der Waals surface area contributed by atoms with Crippen molar-refractivity contribution >= 4 is 10.5 Å². The van der Waals surface area contributed by atoms with Gasteiger partial charge in [0.15, 0.2) is 0 Å². The van der Waals surface area contributed by atoms with E-state index in [1.165, 1.54) is 0 Å². The minimum Gasteiger partial charge on any atom is -0.402 e. The van der Waals surface area contributed by atoms with Gasteiger partial charge in [0, 0.05) is 0 Å². The second-order valence-electron chi connectivity index (χ2n) is 3.12. The van der Waals surface area contributed by atoms with E-state index in [-0.39, 0.29) is 0 Å². The van der Waals surface area contributed by atoms with E-state index in [2.05, 4.69) is 23.6 Å². The lowest BCUT2D eigenvalue weighted by atomic mass is 9.90. The Morgan fingerprint density at radius 1 is 1.29 bits per heavy atom. The van der Waals surface area contributed by atoms with Gasteiger partial charge < -0.3 is 4.43 Å². The molecule has 0 N–H and O–H groups in total. The molecule has 0 atom stereocenters. The molecule has 0 saturated heterocycles. The average molecular weight is 201 g/mol. The Labute approximate surface area is 88.6 Å². The van der Waals surface area contributed by atoms with Crippen molar-refractivity contribution in [1.29, 1.82) is 0 Å². The zero-order chi connectivity index (χ0) is 10.6. The Kier molecular flexibility index (Phi) is 3.44. The maximum atomic E-state index is 5.27. The number of hydrogen-bond donors (Lipinski definition) is 0. The van der Waals surface area contributed by atoms with E-state index in [1.807, 2.05) is 31.2 Å². The van der Waals surface area contributed by atoms with E-state index in [1.54, 1.807) is 12.2 Å². The standard InChI is InChI=1S/C12H13OSi/c1-4-12(5-2,13-14)11-9-7-6-8-10(11)3/h4-9H,1-2H2,3H3. The van der Waals surface area contributed by atoms with Crippen LogP contribution in [-0.2, 0) is 10.0 Å². The predicted octanol–water partition coefficient (Wildman–Crippen LogP) is 2.66. The second kappa shape index (κ2) is 4.40. The van der Waals surface area contributed by atoms with Crippen LogP contribution in [0.25, 0.3) is 0 Å². The Hall–Kier alpha value is -1.12. The number of rotatable bonds is 4. The van der Waals surface area contributed by atoms with Crippen LogP contribution in [0.4, 0.5) is 0 Å². The van der Waals surface area contributed by atoms with Crippen LogP contribution in [0, 0.1) is 6.92 Å². The van der Waals surface area contributed by atoms with E-state index in [9.17, 15) is 0 Å². The normalized spacial score (nSPS) is 11.0. The first kappa shape index (κ1) is 11.0. The van der Waals surface area contributed by atoms with Crippen LogP contribution in [0.2, 0.25) is 0 Å². The molecule has 71 valence electrons. The first-order valence-electron chi connectivity index (χ1n) is 4.38. The Bertz CT molecular complexity index is 336. The molecular formula is C12H13OSi. The SMILES string of the molecule is C=CC(C=C)(O[Si])c1ccccc1C. The monoisotopic (exact) mass is 201 g/mol. The summed E-state index contributed by atoms with van der Waals surface area (Å²) in [5.41, 5.74) is 1.54. The van der Waals surface area contributed by atoms with Crippen molar-refractivity contribution < 1.29 is 4.43 Å². The van der Waals surface area contributed by atoms with E-state index in [0.717, 1.165) is 11.1 Å². The summed E-state index contributed by atoms with van der Waals surface area (Å²) in [6, 6.07) is 7.99. The van der Waals surface area contributed by atoms with Gasteiger partial charge in [0.05, 0.1) is 0 Å². The topological polar surface area (TPSA) is 9.23 Å². The molecule has 0 unspecified atom stereocenters. The zero-order valence-corrected chi connectivity index (χ0v) is 9.29. The molecule has 1 rings (SSSR count). The number of benzene rings is 1. The fourth-order valence-corrected chi connectivity index (χ4v) is 1.73. The minimum atomic E-state index is -0.651. The summed E-state index contributed by atoms with van der Waals surface area (Å²) in [5, 5.41) is 0. The molecule has 3 radical (unpaired) electrons. The van der Waals surface area contributed by atoms with Crippen molar-refractivity contribution in [2.24, 2.45) is 0 Å². The zero-order valence-electron chi connectivity index (χ0n) is 8.29. The summed E-state index contributed by atoms with van der Waals surface area (Å²) >= 11 is 0. The molecule has 2 heteroatoms. The fraction of sp³-hybridized carbons (Fsp3) is 0.167. The van der Waals surface area contributed by atoms with Gasteiger partial charge in [-0.15, -0.1) is 0 Å². The number of hydrogen-bond acceptors (Lipinski definition) is 1. The van der Waals surface area contributed by atoms with Gasteiger partial charge in [0.2, 0.25) is 10.5 Å². The third-order valence-electron chi connectivity index (χ3n) is 2.34. The van der Waals surface area contributed by atoms with Gasteiger partial charge in [-0.3, -0.25) is 0 Å². The van der Waals surface area contributed by atoms with E-state index < -0.39 is 5.60 Å². The second-order valence-corrected chi connectivity index (χ2v) is 3.32. The summed E-state index contributed by atoms with van der Waals surface area (Å²) in [5.74, 6) is 0. The van der Waals surface area contributed by atoms with Gasteiger partial charge in [-0.05, 0) is 18.1 Å². The quantitative estimate of drug-likeness (QED) is 0.537. The fourth-order valence-electron chi connectivity index (χ4n) is 1.45. The Balaban J connectivity index is 3.31. The molecule has 0 aliphatic carbocycles. The molecule has 0 aromatic heterocycles. The molecule has 0 bridgehead atoms. The first-order chi connectivity index (χ1) is 6.70. The lowest BCUT2D eigenvalue weighted by Crippen LogP contribution is -2.24. The third kappa shape index (κ3) is 1.71. The Morgan fingerprint density at radius 2 is 1.86 bits per heavy atom. The molecule has 0 fully saturated rings. The smallest absolute Gasteiger partial charge is 0.248 e. The maximum Gasteiger partial charge on any atom is 0.248 e. The third-order valence-corrected chi connectivity index (χ3v) is 2.68. The molecule has 14 heavy (non-hydrogen) atoms. The lowest BCUT2D eigenvalue weighted by molar-refractivity contribution is 0.192. The van der Waals surface area contributed by atoms with Crippen molar-refractivity contribution in [2.75, 3.05) is 0 Å². The highest BCUT2D eigenvalue weighted by molar-refractivity contribution is 5.98. The average Bonchev–Trinajstić information content (AvgIpc) is 2.24. The van der Waals surface area contributed by atoms with E-state index in [0.29, 0.717) is 0 Å². The van der Waals surface area contributed by atoms with Crippen molar-refractivity contribution in [2.45, 2.75) is 12.5 Å². The number of aryl methyl sites for hydroxylation is 1. The minimum absolute atomic E-state index is 0.651. The molecule has 0 spiro atoms. The molecule has 0 heterocycles. The predicted molar refractivity (Wildman–Crippen MR) is 60.1 cm³/mol. The molecule has 1 aromatic rings. The molecule has 0 aliphatic rings. The largest absolute Gasteiger partial charge is 0.402 e. The summed E-state index contributed by atoms with van der Waals surface area (Å²) in [6.45, 7) is 9.56. The van der Waals surface area contributed by atoms with Gasteiger partial charge in [0.25, 0.3) is 0 Å². The molecule has 1 nitrogen and oxygen atoms in total. The maximum absolute atomic E-state index is 5.27. The van der Waals surface area contributed by atoms with Crippen LogP contribution >= 0.6 is 0 Å². The molecule has 0 aliphatic heterocycles. The van der Waals surface area contributed by atoms with Gasteiger partial charge in [-0.1, -0.05) is 49.6 Å². The first-order valence-corrected chi connectivity index (χ1v) is 4.79. The van der Waals surface area contributed by atoms with Crippen molar-refractivity contribution in [1.82, 2.24) is 0 Å². The van der Waals surface area contributed by atoms with E-state index in [4.69, 9.17) is 4.43 Å². The van der Waals surface area contributed by atoms with Crippen LogP contribution in [0.5, 0.6) is 0 Å². The van der Waals surface area contributed by atoms with Crippen LogP contribution in [0.1, 0.15) is 11.1 Å².